The number of hydrogen-bond acceptors (Lipinski definition) is 6. The minimum atomic E-state index is -4.42. The second-order valence-electron chi connectivity index (χ2n) is 10.5. The zero-order valence-corrected chi connectivity index (χ0v) is 24.3. The first-order valence-electron chi connectivity index (χ1n) is 13.4. The Bertz CT molecular complexity index is 1420. The first-order chi connectivity index (χ1) is 19.5. The molecule has 0 saturated carbocycles. The number of rotatable bonds is 14. The van der Waals surface area contributed by atoms with Crippen molar-refractivity contribution in [2.75, 3.05) is 6.54 Å². The molecule has 0 radical (unpaired) electrons. The van der Waals surface area contributed by atoms with Crippen molar-refractivity contribution >= 4 is 16.1 Å². The number of nitriles is 1. The summed E-state index contributed by atoms with van der Waals surface area (Å²) in [5, 5.41) is 33.4. The van der Waals surface area contributed by atoms with Gasteiger partial charge in [-0.15, -0.1) is 0 Å². The van der Waals surface area contributed by atoms with E-state index in [2.05, 4.69) is 11.4 Å². The first-order valence-corrected chi connectivity index (χ1v) is 14.8. The third-order valence-electron chi connectivity index (χ3n) is 7.17. The Morgan fingerprint density at radius 2 is 1.56 bits per heavy atom. The van der Waals surface area contributed by atoms with Gasteiger partial charge in [-0.25, -0.2) is 13.2 Å². The van der Waals surface area contributed by atoms with Crippen LogP contribution in [-0.2, 0) is 23.1 Å². The lowest BCUT2D eigenvalue weighted by Crippen LogP contribution is -2.55. The van der Waals surface area contributed by atoms with Crippen molar-refractivity contribution in [1.82, 2.24) is 9.62 Å². The van der Waals surface area contributed by atoms with Crippen LogP contribution in [0.1, 0.15) is 38.3 Å². The fourth-order valence-corrected chi connectivity index (χ4v) is 6.27. The second kappa shape index (κ2) is 14.1. The molecule has 41 heavy (non-hydrogen) atoms. The van der Waals surface area contributed by atoms with Crippen LogP contribution in [0, 0.1) is 16.7 Å². The minimum absolute atomic E-state index is 0.103. The van der Waals surface area contributed by atoms with Gasteiger partial charge >= 0.3 is 6.09 Å². The summed E-state index contributed by atoms with van der Waals surface area (Å²) in [6, 6.07) is 24.4. The summed E-state index contributed by atoms with van der Waals surface area (Å²) in [5.74, 6) is 0.103. The molecule has 3 atom stereocenters. The molecule has 3 rings (SSSR count). The molecule has 0 spiro atoms. The van der Waals surface area contributed by atoms with Crippen molar-refractivity contribution < 1.29 is 28.2 Å². The van der Waals surface area contributed by atoms with E-state index in [-0.39, 0.29) is 23.7 Å². The maximum absolute atomic E-state index is 14.3. The number of sulfonamides is 1. The Morgan fingerprint density at radius 3 is 2.12 bits per heavy atom. The van der Waals surface area contributed by atoms with E-state index in [9.17, 15) is 28.7 Å². The summed E-state index contributed by atoms with van der Waals surface area (Å²) in [5.41, 5.74) is 0.805. The Balaban J connectivity index is 2.02. The molecule has 0 aliphatic heterocycles. The number of aliphatic hydroxyl groups is 1. The molecule has 1 unspecified atom stereocenters. The Kier molecular flexibility index (Phi) is 10.9. The van der Waals surface area contributed by atoms with Gasteiger partial charge in [-0.3, -0.25) is 0 Å². The maximum Gasteiger partial charge on any atom is 0.404 e. The third-order valence-corrected chi connectivity index (χ3v) is 9.04. The molecule has 0 fully saturated rings. The molecule has 0 aliphatic carbocycles. The van der Waals surface area contributed by atoms with Gasteiger partial charge in [0.1, 0.15) is 23.3 Å². The predicted octanol–water partition coefficient (Wildman–Crippen LogP) is 4.82. The summed E-state index contributed by atoms with van der Waals surface area (Å²) >= 11 is 0. The summed E-state index contributed by atoms with van der Waals surface area (Å²) in [6.45, 7) is 5.02. The molecule has 218 valence electrons. The minimum Gasteiger partial charge on any atom is -0.487 e. The Labute approximate surface area is 242 Å². The third kappa shape index (κ3) is 8.30. The molecule has 3 N–H and O–H groups in total. The van der Waals surface area contributed by atoms with E-state index in [0.29, 0.717) is 6.42 Å². The van der Waals surface area contributed by atoms with E-state index in [1.54, 1.807) is 56.3 Å². The fourth-order valence-electron chi connectivity index (χ4n) is 4.43. The second-order valence-corrected chi connectivity index (χ2v) is 12.3. The van der Waals surface area contributed by atoms with Gasteiger partial charge in [0.25, 0.3) is 0 Å². The van der Waals surface area contributed by atoms with Gasteiger partial charge in [-0.2, -0.15) is 9.57 Å². The smallest absolute Gasteiger partial charge is 0.404 e. The first kappa shape index (κ1) is 31.6. The largest absolute Gasteiger partial charge is 0.487 e. The van der Waals surface area contributed by atoms with Crippen molar-refractivity contribution in [3.63, 3.8) is 0 Å². The molecule has 1 amide bonds. The highest BCUT2D eigenvalue weighted by Crippen LogP contribution is 2.35. The van der Waals surface area contributed by atoms with E-state index in [1.807, 2.05) is 43.3 Å². The predicted molar refractivity (Wildman–Crippen MR) is 156 cm³/mol. The molecule has 3 aromatic rings. The highest BCUT2D eigenvalue weighted by atomic mass is 32.2. The van der Waals surface area contributed by atoms with Crippen molar-refractivity contribution in [2.45, 2.75) is 63.3 Å². The average molecular weight is 580 g/mol. The molecule has 0 heterocycles. The number of aliphatic hydroxyl groups excluding tert-OH is 1. The topological polar surface area (TPSA) is 140 Å². The summed E-state index contributed by atoms with van der Waals surface area (Å²) < 4.78 is 35.5. The van der Waals surface area contributed by atoms with Gasteiger partial charge in [0.2, 0.25) is 10.0 Å². The lowest BCUT2D eigenvalue weighted by Gasteiger charge is -2.38. The zero-order chi connectivity index (χ0) is 30.0. The molecular weight excluding hydrogens is 542 g/mol. The molecule has 9 nitrogen and oxygen atoms in total. The number of para-hydroxylation sites is 1. The van der Waals surface area contributed by atoms with Gasteiger partial charge in [0.15, 0.2) is 0 Å². The van der Waals surface area contributed by atoms with Gasteiger partial charge in [-0.1, -0.05) is 93.6 Å². The lowest BCUT2D eigenvalue weighted by atomic mass is 9.82. The van der Waals surface area contributed by atoms with Crippen molar-refractivity contribution in [3.8, 4) is 11.8 Å². The number of benzene rings is 3. The number of hydrogen-bond donors (Lipinski definition) is 3. The Hall–Kier alpha value is -3.91. The van der Waals surface area contributed by atoms with Crippen molar-refractivity contribution in [3.05, 3.63) is 96.1 Å². The van der Waals surface area contributed by atoms with E-state index in [1.165, 1.54) is 6.07 Å². The van der Waals surface area contributed by atoms with Crippen LogP contribution in [-0.4, -0.2) is 53.8 Å². The Morgan fingerprint density at radius 1 is 1.00 bits per heavy atom. The van der Waals surface area contributed by atoms with Crippen LogP contribution in [0.25, 0.3) is 0 Å². The van der Waals surface area contributed by atoms with Crippen LogP contribution in [0.15, 0.2) is 89.8 Å². The normalized spacial score (nSPS) is 14.0. The van der Waals surface area contributed by atoms with Gasteiger partial charge in [0, 0.05) is 6.54 Å². The zero-order valence-electron chi connectivity index (χ0n) is 23.5. The number of ether oxygens (including phenoxy) is 1. The van der Waals surface area contributed by atoms with Gasteiger partial charge in [-0.05, 0) is 41.5 Å². The molecule has 0 aliphatic rings. The maximum atomic E-state index is 14.3. The van der Waals surface area contributed by atoms with Crippen LogP contribution in [0.3, 0.4) is 0 Å². The fraction of sp³-hybridized carbons (Fsp3) is 0.355. The van der Waals surface area contributed by atoms with Crippen LogP contribution < -0.4 is 10.1 Å². The van der Waals surface area contributed by atoms with Crippen LogP contribution in [0.2, 0.25) is 0 Å². The molecular formula is C31H37N3O6S. The summed E-state index contributed by atoms with van der Waals surface area (Å²) in [4.78, 5) is 11.5. The average Bonchev–Trinajstić information content (AvgIpc) is 2.96. The molecule has 0 bridgehead atoms. The number of carbonyl (C=O) groups is 1. The van der Waals surface area contributed by atoms with Gasteiger partial charge in [0.05, 0.1) is 18.2 Å². The SMILES string of the molecule is CCC(C)(C)C(C#N)N(C[C@@H](O)[C@H](Cc1ccccc1)NC(=O)O)S(=O)(=O)c1ccccc1OCc1ccccc1. The van der Waals surface area contributed by atoms with E-state index in [0.717, 1.165) is 15.4 Å². The van der Waals surface area contributed by atoms with E-state index >= 15 is 0 Å². The molecule has 10 heteroatoms. The molecule has 0 aromatic heterocycles. The lowest BCUT2D eigenvalue weighted by molar-refractivity contribution is 0.0797. The van der Waals surface area contributed by atoms with Gasteiger partial charge < -0.3 is 20.3 Å². The van der Waals surface area contributed by atoms with E-state index in [4.69, 9.17) is 4.74 Å². The number of amides is 1. The van der Waals surface area contributed by atoms with E-state index < -0.39 is 46.3 Å². The molecule has 3 aromatic carbocycles. The highest BCUT2D eigenvalue weighted by Gasteiger charge is 2.43. The van der Waals surface area contributed by atoms with Crippen LogP contribution in [0.5, 0.6) is 5.75 Å². The highest BCUT2D eigenvalue weighted by molar-refractivity contribution is 7.89. The van der Waals surface area contributed by atoms with Crippen LogP contribution in [0.4, 0.5) is 4.79 Å². The quantitative estimate of drug-likeness (QED) is 0.249. The standard InChI is InChI=1S/C31H37N3O6S/c1-4-31(2,3)29(20-32)34(21-26(35)25(33-30(36)37)19-23-13-7-5-8-14-23)41(38,39)28-18-12-11-17-27(28)40-22-24-15-9-6-10-16-24/h5-18,25-26,29,33,35H,4,19,21-22H2,1-3H3,(H,36,37)/t25-,26+,29?/m0/s1. The summed E-state index contributed by atoms with van der Waals surface area (Å²) in [6.07, 6.45) is -2.24. The summed E-state index contributed by atoms with van der Waals surface area (Å²) in [7, 11) is -4.42. The number of carboxylic acid groups (broad SMARTS) is 1. The van der Waals surface area contributed by atoms with Crippen LogP contribution >= 0.6 is 0 Å². The number of nitrogens with zero attached hydrogens (tertiary/aromatic N) is 2. The molecule has 0 saturated heterocycles. The monoisotopic (exact) mass is 579 g/mol. The number of nitrogens with one attached hydrogen (secondary N) is 1. The van der Waals surface area contributed by atoms with Crippen molar-refractivity contribution in [2.24, 2.45) is 5.41 Å². The van der Waals surface area contributed by atoms with Crippen molar-refractivity contribution in [1.29, 1.82) is 5.26 Å².